The van der Waals surface area contributed by atoms with Gasteiger partial charge in [-0.1, -0.05) is 19.8 Å². The molecule has 0 unspecified atom stereocenters. The van der Waals surface area contributed by atoms with Gasteiger partial charge in [-0.3, -0.25) is 0 Å². The molecule has 1 aliphatic carbocycles. The first kappa shape index (κ1) is 9.81. The zero-order chi connectivity index (χ0) is 10.0. The molecule has 1 aliphatic heterocycles. The van der Waals surface area contributed by atoms with Crippen LogP contribution in [0.4, 0.5) is 0 Å². The molecule has 1 fully saturated rings. The van der Waals surface area contributed by atoms with Crippen LogP contribution in [0, 0.1) is 5.92 Å². The van der Waals surface area contributed by atoms with Crippen molar-refractivity contribution in [3.8, 4) is 0 Å². The summed E-state index contributed by atoms with van der Waals surface area (Å²) in [5.41, 5.74) is 5.63. The van der Waals surface area contributed by atoms with E-state index in [4.69, 9.17) is 10.5 Å². The van der Waals surface area contributed by atoms with Crippen LogP contribution in [-0.4, -0.2) is 18.2 Å². The summed E-state index contributed by atoms with van der Waals surface area (Å²) in [4.78, 5) is 4.45. The van der Waals surface area contributed by atoms with Gasteiger partial charge in [0.2, 0.25) is 0 Å². The van der Waals surface area contributed by atoms with Crippen molar-refractivity contribution >= 4 is 6.02 Å². The maximum atomic E-state index is 5.56. The number of nitrogens with two attached hydrogens (primary N) is 1. The van der Waals surface area contributed by atoms with Gasteiger partial charge in [0.1, 0.15) is 12.1 Å². The van der Waals surface area contributed by atoms with Crippen LogP contribution in [-0.2, 0) is 4.74 Å². The van der Waals surface area contributed by atoms with Crippen molar-refractivity contribution in [3.63, 3.8) is 0 Å². The second-order valence-electron chi connectivity index (χ2n) is 4.70. The first-order chi connectivity index (χ1) is 6.74. The fourth-order valence-electron chi connectivity index (χ4n) is 2.67. The van der Waals surface area contributed by atoms with E-state index in [0.717, 1.165) is 12.5 Å². The lowest BCUT2D eigenvalue weighted by Gasteiger charge is -2.33. The monoisotopic (exact) mass is 196 g/mol. The van der Waals surface area contributed by atoms with E-state index in [9.17, 15) is 0 Å². The highest BCUT2D eigenvalue weighted by Crippen LogP contribution is 2.38. The summed E-state index contributed by atoms with van der Waals surface area (Å²) in [5, 5.41) is 0. The third-order valence-corrected chi connectivity index (χ3v) is 3.57. The second-order valence-corrected chi connectivity index (χ2v) is 4.70. The molecule has 0 aromatic heterocycles. The average Bonchev–Trinajstić information content (AvgIpc) is 2.53. The molecule has 1 saturated carbocycles. The van der Waals surface area contributed by atoms with Gasteiger partial charge in [0.05, 0.1) is 0 Å². The van der Waals surface area contributed by atoms with Crippen molar-refractivity contribution in [1.29, 1.82) is 0 Å². The summed E-state index contributed by atoms with van der Waals surface area (Å²) in [6.45, 7) is 2.98. The van der Waals surface area contributed by atoms with E-state index in [1.165, 1.54) is 38.5 Å². The molecule has 80 valence electrons. The van der Waals surface area contributed by atoms with Crippen molar-refractivity contribution < 1.29 is 4.74 Å². The lowest BCUT2D eigenvalue weighted by Crippen LogP contribution is -2.33. The van der Waals surface area contributed by atoms with E-state index in [2.05, 4.69) is 11.9 Å². The fraction of sp³-hybridized carbons (Fsp3) is 0.909. The maximum absolute atomic E-state index is 5.56. The van der Waals surface area contributed by atoms with Gasteiger partial charge in [0.15, 0.2) is 0 Å². The number of rotatable bonds is 2. The van der Waals surface area contributed by atoms with E-state index < -0.39 is 0 Å². The Bertz CT molecular complexity index is 229. The first-order valence-electron chi connectivity index (χ1n) is 5.72. The molecule has 0 radical (unpaired) electrons. The highest BCUT2D eigenvalue weighted by atomic mass is 16.5. The molecule has 2 aliphatic rings. The zero-order valence-corrected chi connectivity index (χ0v) is 8.96. The summed E-state index contributed by atoms with van der Waals surface area (Å²) in [6, 6.07) is 0.402. The Hall–Kier alpha value is -0.730. The molecule has 2 rings (SSSR count). The molecule has 0 aromatic rings. The van der Waals surface area contributed by atoms with E-state index in [-0.39, 0.29) is 5.54 Å². The number of ether oxygens (including phenoxy) is 1. The van der Waals surface area contributed by atoms with E-state index in [1.807, 2.05) is 0 Å². The molecular formula is C11H20N2O. The summed E-state index contributed by atoms with van der Waals surface area (Å²) in [5.74, 6) is 0.919. The summed E-state index contributed by atoms with van der Waals surface area (Å²) in [7, 11) is 0. The minimum absolute atomic E-state index is 0.0638. The van der Waals surface area contributed by atoms with Crippen molar-refractivity contribution in [2.45, 2.75) is 51.0 Å². The van der Waals surface area contributed by atoms with Crippen molar-refractivity contribution in [1.82, 2.24) is 0 Å². The first-order valence-corrected chi connectivity index (χ1v) is 5.72. The smallest absolute Gasteiger partial charge is 0.282 e. The van der Waals surface area contributed by atoms with Crippen LogP contribution >= 0.6 is 0 Å². The Morgan fingerprint density at radius 3 is 2.71 bits per heavy atom. The molecule has 0 bridgehead atoms. The second kappa shape index (κ2) is 3.79. The highest BCUT2D eigenvalue weighted by molar-refractivity contribution is 5.73. The van der Waals surface area contributed by atoms with Crippen LogP contribution in [0.1, 0.15) is 45.4 Å². The van der Waals surface area contributed by atoms with Gasteiger partial charge in [0, 0.05) is 0 Å². The quantitative estimate of drug-likeness (QED) is 0.735. The molecule has 2 N–H and O–H groups in total. The highest BCUT2D eigenvalue weighted by Gasteiger charge is 2.39. The lowest BCUT2D eigenvalue weighted by molar-refractivity contribution is 0.173. The minimum Gasteiger partial charge on any atom is -0.463 e. The molecular weight excluding hydrogens is 176 g/mol. The van der Waals surface area contributed by atoms with Crippen molar-refractivity contribution in [2.75, 3.05) is 6.61 Å². The summed E-state index contributed by atoms with van der Waals surface area (Å²) >= 11 is 0. The normalized spacial score (nSPS) is 36.9. The number of hydrogen-bond acceptors (Lipinski definition) is 3. The molecule has 1 spiro atoms. The third kappa shape index (κ3) is 1.86. The molecule has 3 heteroatoms. The van der Waals surface area contributed by atoms with E-state index >= 15 is 0 Å². The zero-order valence-electron chi connectivity index (χ0n) is 8.96. The number of hydrogen-bond donors (Lipinski definition) is 1. The Morgan fingerprint density at radius 1 is 1.50 bits per heavy atom. The molecule has 3 nitrogen and oxygen atoms in total. The number of aliphatic imine (C=N–C) groups is 1. The van der Waals surface area contributed by atoms with Crippen LogP contribution in [0.3, 0.4) is 0 Å². The summed E-state index contributed by atoms with van der Waals surface area (Å²) < 4.78 is 5.27. The van der Waals surface area contributed by atoms with Gasteiger partial charge in [-0.15, -0.1) is 0 Å². The molecule has 0 atom stereocenters. The van der Waals surface area contributed by atoms with Crippen molar-refractivity contribution in [3.05, 3.63) is 0 Å². The fourth-order valence-corrected chi connectivity index (χ4v) is 2.67. The molecule has 0 amide bonds. The van der Waals surface area contributed by atoms with Crippen LogP contribution < -0.4 is 5.73 Å². The molecule has 14 heavy (non-hydrogen) atoms. The standard InChI is InChI=1S/C11H20N2O/c1-2-3-9-4-6-11(7-5-9)8-14-10(12)13-11/h9H,2-8H2,1H3,(H2,12,13). The lowest BCUT2D eigenvalue weighted by atomic mass is 9.76. The van der Waals surface area contributed by atoms with Gasteiger partial charge in [-0.05, 0) is 31.6 Å². The van der Waals surface area contributed by atoms with Crippen LogP contribution in [0.2, 0.25) is 0 Å². The largest absolute Gasteiger partial charge is 0.463 e. The Labute approximate surface area is 85.7 Å². The predicted molar refractivity (Wildman–Crippen MR) is 57.2 cm³/mol. The average molecular weight is 196 g/mol. The van der Waals surface area contributed by atoms with Gasteiger partial charge >= 0.3 is 0 Å². The van der Waals surface area contributed by atoms with Gasteiger partial charge in [-0.25, -0.2) is 4.99 Å². The van der Waals surface area contributed by atoms with E-state index in [1.54, 1.807) is 0 Å². The van der Waals surface area contributed by atoms with Gasteiger partial charge in [-0.2, -0.15) is 0 Å². The summed E-state index contributed by atoms with van der Waals surface area (Å²) in [6.07, 6.45) is 7.61. The Kier molecular flexibility index (Phi) is 2.66. The number of amidine groups is 1. The van der Waals surface area contributed by atoms with Crippen LogP contribution in [0.15, 0.2) is 4.99 Å². The minimum atomic E-state index is 0.0638. The SMILES string of the molecule is CCCC1CCC2(CC1)COC(N)=N2. The van der Waals surface area contributed by atoms with Gasteiger partial charge in [0.25, 0.3) is 6.02 Å². The van der Waals surface area contributed by atoms with Crippen LogP contribution in [0.25, 0.3) is 0 Å². The number of nitrogens with zero attached hydrogens (tertiary/aromatic N) is 1. The maximum Gasteiger partial charge on any atom is 0.282 e. The molecule has 0 aromatic carbocycles. The Balaban J connectivity index is 1.89. The molecule has 1 heterocycles. The third-order valence-electron chi connectivity index (χ3n) is 3.57. The predicted octanol–water partition coefficient (Wildman–Crippen LogP) is 2.06. The van der Waals surface area contributed by atoms with E-state index in [0.29, 0.717) is 6.02 Å². The Morgan fingerprint density at radius 2 is 2.21 bits per heavy atom. The van der Waals surface area contributed by atoms with Gasteiger partial charge < -0.3 is 10.5 Å². The topological polar surface area (TPSA) is 47.6 Å². The van der Waals surface area contributed by atoms with Crippen molar-refractivity contribution in [2.24, 2.45) is 16.6 Å². The molecule has 0 saturated heterocycles. The van der Waals surface area contributed by atoms with Crippen LogP contribution in [0.5, 0.6) is 0 Å².